The molecule has 7 heteroatoms. The highest BCUT2D eigenvalue weighted by Crippen LogP contribution is 2.44. The molecule has 0 saturated heterocycles. The first-order valence-electron chi connectivity index (χ1n) is 11.1. The summed E-state index contributed by atoms with van der Waals surface area (Å²) in [6.07, 6.45) is 2.25. The maximum Gasteiger partial charge on any atom is 0.407 e. The molecular formula is C25H26N2O5. The fourth-order valence-electron chi connectivity index (χ4n) is 5.01. The van der Waals surface area contributed by atoms with Gasteiger partial charge in [0.1, 0.15) is 12.1 Å². The number of alkyl carbamates (subject to hydrolysis) is 1. The van der Waals surface area contributed by atoms with Crippen LogP contribution in [0, 0.1) is 5.92 Å². The normalized spacial score (nSPS) is 22.5. The quantitative estimate of drug-likeness (QED) is 0.646. The Morgan fingerprint density at radius 2 is 1.59 bits per heavy atom. The summed E-state index contributed by atoms with van der Waals surface area (Å²) in [5.74, 6) is -1.49. The van der Waals surface area contributed by atoms with Crippen molar-refractivity contribution in [2.45, 2.75) is 49.6 Å². The van der Waals surface area contributed by atoms with Crippen LogP contribution in [0.5, 0.6) is 0 Å². The Hall–Kier alpha value is -3.35. The van der Waals surface area contributed by atoms with Crippen molar-refractivity contribution in [1.82, 2.24) is 10.6 Å². The second-order valence-corrected chi connectivity index (χ2v) is 9.05. The summed E-state index contributed by atoms with van der Waals surface area (Å²) < 4.78 is 5.59. The van der Waals surface area contributed by atoms with Crippen LogP contribution in [0.25, 0.3) is 11.1 Å². The summed E-state index contributed by atoms with van der Waals surface area (Å²) in [7, 11) is 0. The molecule has 7 nitrogen and oxygen atoms in total. The Bertz CT molecular complexity index is 1030. The minimum Gasteiger partial charge on any atom is -0.480 e. The van der Waals surface area contributed by atoms with Crippen LogP contribution in [0.2, 0.25) is 0 Å². The molecule has 2 aromatic carbocycles. The lowest BCUT2D eigenvalue weighted by Crippen LogP contribution is -2.45. The molecule has 3 N–H and O–H groups in total. The number of hydrogen-bond donors (Lipinski definition) is 3. The van der Waals surface area contributed by atoms with Gasteiger partial charge in [0.15, 0.2) is 0 Å². The predicted molar refractivity (Wildman–Crippen MR) is 117 cm³/mol. The molecule has 2 aromatic rings. The molecule has 0 aliphatic heterocycles. The van der Waals surface area contributed by atoms with E-state index in [1.165, 1.54) is 11.1 Å². The van der Waals surface area contributed by atoms with Crippen molar-refractivity contribution in [3.8, 4) is 11.1 Å². The number of benzene rings is 2. The molecule has 2 saturated carbocycles. The van der Waals surface area contributed by atoms with Crippen LogP contribution < -0.4 is 10.6 Å². The fraction of sp³-hybridized carbons (Fsp3) is 0.400. The lowest BCUT2D eigenvalue weighted by atomic mass is 9.98. The Morgan fingerprint density at radius 3 is 2.19 bits per heavy atom. The zero-order valence-corrected chi connectivity index (χ0v) is 17.7. The Kier molecular flexibility index (Phi) is 5.12. The van der Waals surface area contributed by atoms with Crippen LogP contribution >= 0.6 is 0 Å². The molecule has 2 amide bonds. The Balaban J connectivity index is 1.15. The monoisotopic (exact) mass is 434 g/mol. The number of carbonyl (C=O) groups excluding carboxylic acids is 2. The number of ether oxygens (including phenoxy) is 1. The third-order valence-corrected chi connectivity index (χ3v) is 6.99. The van der Waals surface area contributed by atoms with Gasteiger partial charge in [-0.25, -0.2) is 9.59 Å². The lowest BCUT2D eigenvalue weighted by molar-refractivity contribution is -0.143. The van der Waals surface area contributed by atoms with Crippen molar-refractivity contribution >= 4 is 18.0 Å². The van der Waals surface area contributed by atoms with Gasteiger partial charge in [-0.1, -0.05) is 48.5 Å². The number of fused-ring (bicyclic) bond motifs is 3. The van der Waals surface area contributed by atoms with Gasteiger partial charge in [-0.05, 0) is 54.4 Å². The highest BCUT2D eigenvalue weighted by Gasteiger charge is 2.52. The van der Waals surface area contributed by atoms with Crippen LogP contribution in [0.3, 0.4) is 0 Å². The van der Waals surface area contributed by atoms with Crippen LogP contribution in [0.1, 0.15) is 49.1 Å². The highest BCUT2D eigenvalue weighted by molar-refractivity contribution is 5.90. The standard InChI is InChI=1S/C25H26N2O5/c28-22(27-25(11-12-25)23(29)30)15-9-10-16(13-15)26-24(31)32-14-21-19-7-3-1-5-17(19)18-6-2-4-8-20(18)21/h1-8,15-16,21H,9-14H2,(H,26,31)(H,27,28)(H,29,30)/t15-,16+/m0/s1. The van der Waals surface area contributed by atoms with Gasteiger partial charge in [0.05, 0.1) is 0 Å². The van der Waals surface area contributed by atoms with Gasteiger partial charge < -0.3 is 20.5 Å². The van der Waals surface area contributed by atoms with Gasteiger partial charge in [-0.3, -0.25) is 4.79 Å². The number of carboxylic acids is 1. The van der Waals surface area contributed by atoms with E-state index in [2.05, 4.69) is 34.9 Å². The van der Waals surface area contributed by atoms with E-state index in [0.717, 1.165) is 11.1 Å². The minimum atomic E-state index is -1.07. The highest BCUT2D eigenvalue weighted by atomic mass is 16.5. The molecule has 5 rings (SSSR count). The average Bonchev–Trinajstić information content (AvgIpc) is 3.31. The van der Waals surface area contributed by atoms with Crippen LogP contribution in [-0.2, 0) is 14.3 Å². The van der Waals surface area contributed by atoms with E-state index in [1.54, 1.807) is 0 Å². The molecule has 166 valence electrons. The molecule has 0 unspecified atom stereocenters. The molecule has 3 aliphatic rings. The zero-order chi connectivity index (χ0) is 22.3. The molecule has 0 heterocycles. The zero-order valence-electron chi connectivity index (χ0n) is 17.7. The molecule has 32 heavy (non-hydrogen) atoms. The molecular weight excluding hydrogens is 408 g/mol. The second-order valence-electron chi connectivity index (χ2n) is 9.05. The average molecular weight is 434 g/mol. The van der Waals surface area contributed by atoms with Crippen LogP contribution in [-0.4, -0.2) is 41.3 Å². The third-order valence-electron chi connectivity index (χ3n) is 6.99. The Labute approximate surface area is 186 Å². The number of carboxylic acid groups (broad SMARTS) is 1. The number of nitrogens with one attached hydrogen (secondary N) is 2. The van der Waals surface area contributed by atoms with Crippen molar-refractivity contribution < 1.29 is 24.2 Å². The topological polar surface area (TPSA) is 105 Å². The van der Waals surface area contributed by atoms with Gasteiger partial charge in [0.2, 0.25) is 5.91 Å². The first kappa shape index (κ1) is 20.5. The summed E-state index contributed by atoms with van der Waals surface area (Å²) in [5.41, 5.74) is 3.60. The predicted octanol–water partition coefficient (Wildman–Crippen LogP) is 3.43. The molecule has 3 aliphatic carbocycles. The van der Waals surface area contributed by atoms with Crippen LogP contribution in [0.15, 0.2) is 48.5 Å². The molecule has 0 bridgehead atoms. The van der Waals surface area contributed by atoms with E-state index >= 15 is 0 Å². The van der Waals surface area contributed by atoms with Crippen molar-refractivity contribution in [2.75, 3.05) is 6.61 Å². The van der Waals surface area contributed by atoms with Gasteiger partial charge in [-0.15, -0.1) is 0 Å². The second kappa shape index (κ2) is 7.97. The number of carbonyl (C=O) groups is 3. The lowest BCUT2D eigenvalue weighted by Gasteiger charge is -2.18. The van der Waals surface area contributed by atoms with Gasteiger partial charge in [0, 0.05) is 17.9 Å². The van der Waals surface area contributed by atoms with E-state index in [4.69, 9.17) is 4.74 Å². The SMILES string of the molecule is O=C(N[C@@H]1CC[C@H](C(=O)NC2(C(=O)O)CC2)C1)OCC1c2ccccc2-c2ccccc21. The van der Waals surface area contributed by atoms with Crippen LogP contribution in [0.4, 0.5) is 4.79 Å². The van der Waals surface area contributed by atoms with Crippen molar-refractivity contribution in [3.05, 3.63) is 59.7 Å². The summed E-state index contributed by atoms with van der Waals surface area (Å²) >= 11 is 0. The Morgan fingerprint density at radius 1 is 0.969 bits per heavy atom. The van der Waals surface area contributed by atoms with E-state index in [9.17, 15) is 19.5 Å². The van der Waals surface area contributed by atoms with Gasteiger partial charge >= 0.3 is 12.1 Å². The molecule has 2 atom stereocenters. The molecule has 0 aromatic heterocycles. The van der Waals surface area contributed by atoms with Crippen molar-refractivity contribution in [3.63, 3.8) is 0 Å². The third kappa shape index (κ3) is 3.72. The van der Waals surface area contributed by atoms with E-state index < -0.39 is 17.6 Å². The smallest absolute Gasteiger partial charge is 0.407 e. The summed E-state index contributed by atoms with van der Waals surface area (Å²) in [6.45, 7) is 0.248. The van der Waals surface area contributed by atoms with E-state index in [0.29, 0.717) is 32.1 Å². The number of hydrogen-bond acceptors (Lipinski definition) is 4. The largest absolute Gasteiger partial charge is 0.480 e. The summed E-state index contributed by atoms with van der Waals surface area (Å²) in [6, 6.07) is 16.2. The maximum atomic E-state index is 12.5. The summed E-state index contributed by atoms with van der Waals surface area (Å²) in [4.78, 5) is 36.2. The number of aliphatic carboxylic acids is 1. The molecule has 0 radical (unpaired) electrons. The summed E-state index contributed by atoms with van der Waals surface area (Å²) in [5, 5.41) is 14.8. The van der Waals surface area contributed by atoms with Crippen molar-refractivity contribution in [2.24, 2.45) is 5.92 Å². The van der Waals surface area contributed by atoms with Gasteiger partial charge in [-0.2, -0.15) is 0 Å². The first-order chi connectivity index (χ1) is 15.5. The maximum absolute atomic E-state index is 12.5. The molecule has 2 fully saturated rings. The van der Waals surface area contributed by atoms with Crippen molar-refractivity contribution in [1.29, 1.82) is 0 Å². The molecule has 0 spiro atoms. The minimum absolute atomic E-state index is 0.000930. The van der Waals surface area contributed by atoms with Gasteiger partial charge in [0.25, 0.3) is 0 Å². The first-order valence-corrected chi connectivity index (χ1v) is 11.1. The van der Waals surface area contributed by atoms with E-state index in [-0.39, 0.29) is 30.4 Å². The number of amides is 2. The van der Waals surface area contributed by atoms with E-state index in [1.807, 2.05) is 24.3 Å². The fourth-order valence-corrected chi connectivity index (χ4v) is 5.01. The number of rotatable bonds is 6.